The van der Waals surface area contributed by atoms with Crippen molar-refractivity contribution in [3.05, 3.63) is 83.9 Å². The molecule has 0 heterocycles. The molecule has 0 bridgehead atoms. The minimum atomic E-state index is -0.413. The molecule has 0 aromatic heterocycles. The van der Waals surface area contributed by atoms with Gasteiger partial charge < -0.3 is 5.32 Å². The van der Waals surface area contributed by atoms with Gasteiger partial charge in [-0.25, -0.2) is 0 Å². The maximum atomic E-state index is 13.4. The fourth-order valence-corrected chi connectivity index (χ4v) is 3.60. The lowest BCUT2D eigenvalue weighted by atomic mass is 9.65. The lowest BCUT2D eigenvalue weighted by Crippen LogP contribution is -2.42. The maximum Gasteiger partial charge on any atom is 0.173 e. The van der Waals surface area contributed by atoms with E-state index in [-0.39, 0.29) is 5.78 Å². The average molecular weight is 305 g/mol. The zero-order valence-corrected chi connectivity index (χ0v) is 13.4. The van der Waals surface area contributed by atoms with Crippen LogP contribution < -0.4 is 5.32 Å². The number of carbonyl (C=O) groups is 1. The van der Waals surface area contributed by atoms with Gasteiger partial charge in [-0.15, -0.1) is 6.58 Å². The van der Waals surface area contributed by atoms with Crippen LogP contribution in [0.4, 0.5) is 0 Å². The van der Waals surface area contributed by atoms with E-state index in [0.29, 0.717) is 0 Å². The molecule has 1 atom stereocenters. The van der Waals surface area contributed by atoms with Crippen LogP contribution in [0.5, 0.6) is 0 Å². The van der Waals surface area contributed by atoms with Gasteiger partial charge in [0.1, 0.15) is 0 Å². The standard InChI is InChI=1S/C21H23NO/c1-2-15-22-16-14-21(18-9-4-3-5-10-18)13-12-17-8-6-7-11-19(17)20(21)23/h2-11,22H,1,12-16H2. The van der Waals surface area contributed by atoms with Gasteiger partial charge in [0.05, 0.1) is 5.41 Å². The van der Waals surface area contributed by atoms with Crippen molar-refractivity contribution in [2.75, 3.05) is 13.1 Å². The predicted octanol–water partition coefficient (Wildman–Crippen LogP) is 3.92. The zero-order valence-electron chi connectivity index (χ0n) is 13.4. The van der Waals surface area contributed by atoms with Gasteiger partial charge in [0.2, 0.25) is 0 Å². The number of ketones is 1. The summed E-state index contributed by atoms with van der Waals surface area (Å²) in [6.45, 7) is 5.32. The van der Waals surface area contributed by atoms with Gasteiger partial charge in [-0.2, -0.15) is 0 Å². The van der Waals surface area contributed by atoms with Gasteiger partial charge >= 0.3 is 0 Å². The Balaban J connectivity index is 1.97. The molecule has 1 aliphatic rings. The molecule has 0 saturated heterocycles. The van der Waals surface area contributed by atoms with Gasteiger partial charge in [-0.3, -0.25) is 4.79 Å². The molecular formula is C21H23NO. The molecule has 3 rings (SSSR count). The summed E-state index contributed by atoms with van der Waals surface area (Å²) in [5.41, 5.74) is 2.80. The summed E-state index contributed by atoms with van der Waals surface area (Å²) in [7, 11) is 0. The second kappa shape index (κ2) is 6.93. The Morgan fingerprint density at radius 1 is 1.09 bits per heavy atom. The summed E-state index contributed by atoms with van der Waals surface area (Å²) in [4.78, 5) is 13.4. The third-order valence-electron chi connectivity index (χ3n) is 4.86. The zero-order chi connectivity index (χ0) is 16.1. The van der Waals surface area contributed by atoms with Crippen molar-refractivity contribution in [3.8, 4) is 0 Å². The number of fused-ring (bicyclic) bond motifs is 1. The molecule has 1 N–H and O–H groups in total. The smallest absolute Gasteiger partial charge is 0.173 e. The molecular weight excluding hydrogens is 282 g/mol. The molecule has 0 saturated carbocycles. The summed E-state index contributed by atoms with van der Waals surface area (Å²) in [5, 5.41) is 3.35. The topological polar surface area (TPSA) is 29.1 Å². The summed E-state index contributed by atoms with van der Waals surface area (Å²) < 4.78 is 0. The Morgan fingerprint density at radius 3 is 2.61 bits per heavy atom. The quantitative estimate of drug-likeness (QED) is 0.647. The average Bonchev–Trinajstić information content (AvgIpc) is 2.62. The minimum Gasteiger partial charge on any atom is -0.313 e. The number of aryl methyl sites for hydroxylation is 1. The highest BCUT2D eigenvalue weighted by atomic mass is 16.1. The van der Waals surface area contributed by atoms with Crippen molar-refractivity contribution in [1.29, 1.82) is 0 Å². The first-order valence-electron chi connectivity index (χ1n) is 8.28. The van der Waals surface area contributed by atoms with Crippen LogP contribution in [-0.2, 0) is 11.8 Å². The largest absolute Gasteiger partial charge is 0.313 e. The maximum absolute atomic E-state index is 13.4. The van der Waals surface area contributed by atoms with Crippen molar-refractivity contribution in [3.63, 3.8) is 0 Å². The first-order chi connectivity index (χ1) is 11.3. The second-order valence-electron chi connectivity index (χ2n) is 6.18. The molecule has 1 aliphatic carbocycles. The molecule has 0 aliphatic heterocycles. The van der Waals surface area contributed by atoms with Crippen molar-refractivity contribution >= 4 is 5.78 Å². The van der Waals surface area contributed by atoms with Gasteiger partial charge in [0, 0.05) is 12.1 Å². The van der Waals surface area contributed by atoms with Gasteiger partial charge in [-0.1, -0.05) is 60.7 Å². The van der Waals surface area contributed by atoms with E-state index < -0.39 is 5.41 Å². The SMILES string of the molecule is C=CCNCCC1(c2ccccc2)CCc2ccccc2C1=O. The number of rotatable bonds is 6. The second-order valence-corrected chi connectivity index (χ2v) is 6.18. The summed E-state index contributed by atoms with van der Waals surface area (Å²) in [6, 6.07) is 18.3. The Kier molecular flexibility index (Phi) is 4.73. The van der Waals surface area contributed by atoms with E-state index in [0.717, 1.165) is 43.5 Å². The van der Waals surface area contributed by atoms with Crippen LogP contribution in [0, 0.1) is 0 Å². The van der Waals surface area contributed by atoms with Gasteiger partial charge in [-0.05, 0) is 36.9 Å². The van der Waals surface area contributed by atoms with E-state index in [2.05, 4.69) is 30.1 Å². The molecule has 23 heavy (non-hydrogen) atoms. The Labute approximate surface area is 138 Å². The molecule has 2 nitrogen and oxygen atoms in total. The van der Waals surface area contributed by atoms with Crippen LogP contribution in [-0.4, -0.2) is 18.9 Å². The van der Waals surface area contributed by atoms with Crippen LogP contribution >= 0.6 is 0 Å². The summed E-state index contributed by atoms with van der Waals surface area (Å²) >= 11 is 0. The number of hydrogen-bond acceptors (Lipinski definition) is 2. The van der Waals surface area contributed by atoms with Crippen molar-refractivity contribution < 1.29 is 4.79 Å². The predicted molar refractivity (Wildman–Crippen MR) is 94.9 cm³/mol. The number of hydrogen-bond donors (Lipinski definition) is 1. The fraction of sp³-hybridized carbons (Fsp3) is 0.286. The van der Waals surface area contributed by atoms with Crippen molar-refractivity contribution in [2.24, 2.45) is 0 Å². The molecule has 0 spiro atoms. The molecule has 2 aromatic rings. The fourth-order valence-electron chi connectivity index (χ4n) is 3.60. The molecule has 2 aromatic carbocycles. The Hall–Kier alpha value is -2.19. The third-order valence-corrected chi connectivity index (χ3v) is 4.86. The highest BCUT2D eigenvalue weighted by Gasteiger charge is 2.43. The third kappa shape index (κ3) is 2.99. The summed E-state index contributed by atoms with van der Waals surface area (Å²) in [6.07, 6.45) is 4.51. The molecule has 0 amide bonds. The monoisotopic (exact) mass is 305 g/mol. The highest BCUT2D eigenvalue weighted by Crippen LogP contribution is 2.40. The first kappa shape index (κ1) is 15.7. The summed E-state index contributed by atoms with van der Waals surface area (Å²) in [5.74, 6) is 0.269. The molecule has 1 unspecified atom stereocenters. The van der Waals surface area contributed by atoms with E-state index in [1.807, 2.05) is 42.5 Å². The van der Waals surface area contributed by atoms with E-state index in [9.17, 15) is 4.79 Å². The first-order valence-corrected chi connectivity index (χ1v) is 8.28. The lowest BCUT2D eigenvalue weighted by Gasteiger charge is -2.37. The van der Waals surface area contributed by atoms with Crippen LogP contribution in [0.3, 0.4) is 0 Å². The van der Waals surface area contributed by atoms with Gasteiger partial charge in [0.15, 0.2) is 5.78 Å². The van der Waals surface area contributed by atoms with Crippen LogP contribution in [0.1, 0.15) is 34.3 Å². The van der Waals surface area contributed by atoms with E-state index in [1.165, 1.54) is 5.56 Å². The molecule has 0 fully saturated rings. The van der Waals surface area contributed by atoms with Crippen LogP contribution in [0.2, 0.25) is 0 Å². The Bertz CT molecular complexity index is 692. The highest BCUT2D eigenvalue weighted by molar-refractivity contribution is 6.06. The normalized spacial score (nSPS) is 20.1. The number of carbonyl (C=O) groups excluding carboxylic acids is 1. The molecule has 0 radical (unpaired) electrons. The van der Waals surface area contributed by atoms with Crippen LogP contribution in [0.15, 0.2) is 67.3 Å². The minimum absolute atomic E-state index is 0.269. The number of benzene rings is 2. The molecule has 2 heteroatoms. The lowest BCUT2D eigenvalue weighted by molar-refractivity contribution is 0.0849. The van der Waals surface area contributed by atoms with E-state index >= 15 is 0 Å². The van der Waals surface area contributed by atoms with Gasteiger partial charge in [0.25, 0.3) is 0 Å². The van der Waals surface area contributed by atoms with E-state index in [1.54, 1.807) is 0 Å². The Morgan fingerprint density at radius 2 is 1.83 bits per heavy atom. The van der Waals surface area contributed by atoms with Crippen LogP contribution in [0.25, 0.3) is 0 Å². The van der Waals surface area contributed by atoms with E-state index in [4.69, 9.17) is 0 Å². The van der Waals surface area contributed by atoms with Crippen molar-refractivity contribution in [1.82, 2.24) is 5.32 Å². The van der Waals surface area contributed by atoms with Crippen molar-refractivity contribution in [2.45, 2.75) is 24.7 Å². The number of Topliss-reactive ketones (excluding diaryl/α,β-unsaturated/α-hetero) is 1. The number of nitrogens with one attached hydrogen (secondary N) is 1. The molecule has 118 valence electrons.